The molecule has 2 atom stereocenters. The van der Waals surface area contributed by atoms with Gasteiger partial charge in [-0.25, -0.2) is 0 Å². The molecule has 1 N–H and O–H groups in total. The van der Waals surface area contributed by atoms with E-state index >= 15 is 0 Å². The van der Waals surface area contributed by atoms with Crippen LogP contribution >= 0.6 is 0 Å². The predicted octanol–water partition coefficient (Wildman–Crippen LogP) is 3.94. The summed E-state index contributed by atoms with van der Waals surface area (Å²) in [6.45, 7) is 11.4. The summed E-state index contributed by atoms with van der Waals surface area (Å²) in [7, 11) is 0. The minimum atomic E-state index is -4.14. The summed E-state index contributed by atoms with van der Waals surface area (Å²) in [5, 5.41) is 7.42. The zero-order valence-electron chi connectivity index (χ0n) is 13.0. The second kappa shape index (κ2) is 5.76. The first kappa shape index (κ1) is 17.0. The highest BCUT2D eigenvalue weighted by Gasteiger charge is 2.30. The smallest absolute Gasteiger partial charge is 0.307 e. The lowest BCUT2D eigenvalue weighted by Gasteiger charge is -2.21. The molecule has 0 amide bonds. The van der Waals surface area contributed by atoms with Gasteiger partial charge in [-0.3, -0.25) is 4.68 Å². The van der Waals surface area contributed by atoms with Gasteiger partial charge in [-0.15, -0.1) is 0 Å². The van der Waals surface area contributed by atoms with Crippen LogP contribution in [0.25, 0.3) is 0 Å². The van der Waals surface area contributed by atoms with E-state index in [1.54, 1.807) is 6.92 Å². The Morgan fingerprint density at radius 2 is 1.80 bits per heavy atom. The lowest BCUT2D eigenvalue weighted by molar-refractivity contribution is -0.139. The average molecular weight is 291 g/mol. The topological polar surface area (TPSA) is 29.9 Å². The minimum absolute atomic E-state index is 0.139. The summed E-state index contributed by atoms with van der Waals surface area (Å²) in [6, 6.07) is -0.786. The Morgan fingerprint density at radius 1 is 1.25 bits per heavy atom. The Bertz CT molecular complexity index is 443. The quantitative estimate of drug-likeness (QED) is 0.910. The third kappa shape index (κ3) is 4.81. The molecule has 0 unspecified atom stereocenters. The standard InChI is InChI=1S/C14H24F3N3/c1-9(7-14(15,16)17)18-10(2)12-8-20(13(4,5)6)19-11(12)3/h8-10,18H,7H2,1-6H3/t9-,10+/m1/s1. The molecule has 0 aromatic carbocycles. The van der Waals surface area contributed by atoms with Crippen molar-refractivity contribution in [3.05, 3.63) is 17.5 Å². The van der Waals surface area contributed by atoms with Gasteiger partial charge in [-0.2, -0.15) is 18.3 Å². The van der Waals surface area contributed by atoms with Gasteiger partial charge in [0, 0.05) is 23.8 Å². The van der Waals surface area contributed by atoms with E-state index in [-0.39, 0.29) is 11.6 Å². The number of aryl methyl sites for hydroxylation is 1. The maximum atomic E-state index is 12.3. The van der Waals surface area contributed by atoms with Crippen LogP contribution in [0.4, 0.5) is 13.2 Å². The van der Waals surface area contributed by atoms with Gasteiger partial charge in [0.1, 0.15) is 0 Å². The first-order chi connectivity index (χ1) is 8.90. The summed E-state index contributed by atoms with van der Waals surface area (Å²) in [5.41, 5.74) is 1.65. The molecule has 6 heteroatoms. The molecule has 1 aromatic rings. The van der Waals surface area contributed by atoms with Crippen LogP contribution in [0, 0.1) is 6.92 Å². The molecule has 0 saturated heterocycles. The van der Waals surface area contributed by atoms with Crippen LogP contribution in [0.15, 0.2) is 6.20 Å². The zero-order valence-corrected chi connectivity index (χ0v) is 13.0. The van der Waals surface area contributed by atoms with E-state index in [2.05, 4.69) is 10.4 Å². The number of aromatic nitrogens is 2. The third-order valence-electron chi connectivity index (χ3n) is 3.16. The molecule has 0 fully saturated rings. The van der Waals surface area contributed by atoms with Crippen molar-refractivity contribution in [2.75, 3.05) is 0 Å². The first-order valence-electron chi connectivity index (χ1n) is 6.79. The Balaban J connectivity index is 2.78. The SMILES string of the molecule is Cc1nn(C(C)(C)C)cc1[C@H](C)N[C@H](C)CC(F)(F)F. The Morgan fingerprint density at radius 3 is 2.20 bits per heavy atom. The van der Waals surface area contributed by atoms with Crippen molar-refractivity contribution in [2.45, 2.75) is 71.8 Å². The molecule has 0 aliphatic carbocycles. The molecule has 116 valence electrons. The highest BCUT2D eigenvalue weighted by Crippen LogP contribution is 2.25. The van der Waals surface area contributed by atoms with Crippen molar-refractivity contribution in [3.8, 4) is 0 Å². The van der Waals surface area contributed by atoms with Crippen LogP contribution in [-0.4, -0.2) is 22.0 Å². The zero-order chi connectivity index (χ0) is 15.7. The number of nitrogens with zero attached hydrogens (tertiary/aromatic N) is 2. The van der Waals surface area contributed by atoms with Crippen molar-refractivity contribution in [2.24, 2.45) is 0 Å². The molecule has 0 spiro atoms. The van der Waals surface area contributed by atoms with Crippen LogP contribution in [-0.2, 0) is 5.54 Å². The van der Waals surface area contributed by atoms with E-state index in [0.717, 1.165) is 11.3 Å². The van der Waals surface area contributed by atoms with E-state index in [1.165, 1.54) is 0 Å². The largest absolute Gasteiger partial charge is 0.390 e. The van der Waals surface area contributed by atoms with Gasteiger partial charge in [0.2, 0.25) is 0 Å². The van der Waals surface area contributed by atoms with Gasteiger partial charge in [0.15, 0.2) is 0 Å². The van der Waals surface area contributed by atoms with Crippen molar-refractivity contribution in [1.82, 2.24) is 15.1 Å². The number of alkyl halides is 3. The van der Waals surface area contributed by atoms with Gasteiger partial charge in [-0.05, 0) is 41.5 Å². The number of hydrogen-bond acceptors (Lipinski definition) is 2. The molecule has 0 aliphatic heterocycles. The average Bonchev–Trinajstić information content (AvgIpc) is 2.56. The summed E-state index contributed by atoms with van der Waals surface area (Å²) in [6.07, 6.45) is -3.06. The molecule has 1 aromatic heterocycles. The molecule has 1 heterocycles. The summed E-state index contributed by atoms with van der Waals surface area (Å²) in [4.78, 5) is 0. The monoisotopic (exact) mass is 291 g/mol. The van der Waals surface area contributed by atoms with Crippen LogP contribution in [0.2, 0.25) is 0 Å². The van der Waals surface area contributed by atoms with Crippen LogP contribution in [0.3, 0.4) is 0 Å². The second-order valence-corrected chi connectivity index (χ2v) is 6.39. The van der Waals surface area contributed by atoms with Crippen LogP contribution in [0.5, 0.6) is 0 Å². The summed E-state index contributed by atoms with van der Waals surface area (Å²) < 4.78 is 38.9. The maximum Gasteiger partial charge on any atom is 0.390 e. The number of halogens is 3. The Hall–Kier alpha value is -1.04. The van der Waals surface area contributed by atoms with Gasteiger partial charge < -0.3 is 5.32 Å². The fourth-order valence-electron chi connectivity index (χ4n) is 2.16. The fraction of sp³-hybridized carbons (Fsp3) is 0.786. The van der Waals surface area contributed by atoms with Gasteiger partial charge in [0.05, 0.1) is 17.7 Å². The summed E-state index contributed by atoms with van der Waals surface area (Å²) in [5.74, 6) is 0. The first-order valence-corrected chi connectivity index (χ1v) is 6.79. The molecule has 0 radical (unpaired) electrons. The molecular formula is C14H24F3N3. The fourth-order valence-corrected chi connectivity index (χ4v) is 2.16. The minimum Gasteiger partial charge on any atom is -0.307 e. The van der Waals surface area contributed by atoms with Gasteiger partial charge in [-0.1, -0.05) is 0 Å². The number of hydrogen-bond donors (Lipinski definition) is 1. The highest BCUT2D eigenvalue weighted by atomic mass is 19.4. The van der Waals surface area contributed by atoms with Crippen molar-refractivity contribution in [1.29, 1.82) is 0 Å². The Labute approximate surface area is 118 Å². The van der Waals surface area contributed by atoms with Crippen LogP contribution in [0.1, 0.15) is 58.3 Å². The molecule has 20 heavy (non-hydrogen) atoms. The van der Waals surface area contributed by atoms with Crippen LogP contribution < -0.4 is 5.32 Å². The van der Waals surface area contributed by atoms with E-state index in [9.17, 15) is 13.2 Å². The Kier molecular flexibility index (Phi) is 4.90. The lowest BCUT2D eigenvalue weighted by atomic mass is 10.1. The molecule has 0 saturated carbocycles. The second-order valence-electron chi connectivity index (χ2n) is 6.39. The van der Waals surface area contributed by atoms with Gasteiger partial charge >= 0.3 is 6.18 Å². The van der Waals surface area contributed by atoms with Crippen molar-refractivity contribution >= 4 is 0 Å². The third-order valence-corrected chi connectivity index (χ3v) is 3.16. The predicted molar refractivity (Wildman–Crippen MR) is 73.6 cm³/mol. The number of rotatable bonds is 4. The van der Waals surface area contributed by atoms with E-state index in [1.807, 2.05) is 45.5 Å². The lowest BCUT2D eigenvalue weighted by Crippen LogP contribution is -2.33. The molecule has 1 rings (SSSR count). The van der Waals surface area contributed by atoms with Crippen molar-refractivity contribution < 1.29 is 13.2 Å². The number of nitrogens with one attached hydrogen (secondary N) is 1. The normalized spacial score (nSPS) is 16.2. The van der Waals surface area contributed by atoms with Crippen molar-refractivity contribution in [3.63, 3.8) is 0 Å². The van der Waals surface area contributed by atoms with E-state index in [4.69, 9.17) is 0 Å². The highest BCUT2D eigenvalue weighted by molar-refractivity contribution is 5.20. The molecule has 0 aliphatic rings. The summed E-state index contributed by atoms with van der Waals surface area (Å²) >= 11 is 0. The molecule has 3 nitrogen and oxygen atoms in total. The molecule has 0 bridgehead atoms. The maximum absolute atomic E-state index is 12.3. The van der Waals surface area contributed by atoms with Gasteiger partial charge in [0.25, 0.3) is 0 Å². The van der Waals surface area contributed by atoms with E-state index < -0.39 is 18.6 Å². The molecular weight excluding hydrogens is 267 g/mol. The van der Waals surface area contributed by atoms with E-state index in [0.29, 0.717) is 0 Å².